The van der Waals surface area contributed by atoms with E-state index in [4.69, 9.17) is 0 Å². The van der Waals surface area contributed by atoms with Crippen LogP contribution in [-0.4, -0.2) is 5.75 Å². The Balaban J connectivity index is 2.58. The second-order valence-electron chi connectivity index (χ2n) is 2.16. The summed E-state index contributed by atoms with van der Waals surface area (Å²) in [5, 5.41) is 0. The molecule has 0 saturated heterocycles. The zero-order valence-electron chi connectivity index (χ0n) is 5.53. The van der Waals surface area contributed by atoms with Crippen LogP contribution in [-0.2, 0) is 0 Å². The van der Waals surface area contributed by atoms with Gasteiger partial charge in [-0.25, -0.2) is 0 Å². The first-order valence-corrected chi connectivity index (χ1v) is 4.14. The van der Waals surface area contributed by atoms with Crippen molar-refractivity contribution in [3.05, 3.63) is 10.5 Å². The van der Waals surface area contributed by atoms with Crippen molar-refractivity contribution in [3.63, 3.8) is 0 Å². The van der Waals surface area contributed by atoms with Gasteiger partial charge in [0, 0.05) is 5.75 Å². The van der Waals surface area contributed by atoms with Crippen LogP contribution >= 0.6 is 11.8 Å². The third kappa shape index (κ3) is 1.08. The van der Waals surface area contributed by atoms with Crippen molar-refractivity contribution in [2.75, 3.05) is 5.75 Å². The monoisotopic (exact) mass is 128 g/mol. The van der Waals surface area contributed by atoms with Gasteiger partial charge in [0.1, 0.15) is 0 Å². The molecule has 0 unspecified atom stereocenters. The Hall–Kier alpha value is 0.0900. The summed E-state index contributed by atoms with van der Waals surface area (Å²) in [7, 11) is 0. The highest BCUT2D eigenvalue weighted by molar-refractivity contribution is 8.03. The van der Waals surface area contributed by atoms with Gasteiger partial charge in [-0.15, -0.1) is 11.8 Å². The van der Waals surface area contributed by atoms with E-state index in [1.165, 1.54) is 18.6 Å². The van der Waals surface area contributed by atoms with E-state index in [9.17, 15) is 0 Å². The largest absolute Gasteiger partial charge is 0.130 e. The summed E-state index contributed by atoms with van der Waals surface area (Å²) < 4.78 is 0. The smallest absolute Gasteiger partial charge is 0.00143 e. The predicted molar refractivity (Wildman–Crippen MR) is 40.1 cm³/mol. The molecule has 0 spiro atoms. The van der Waals surface area contributed by atoms with Gasteiger partial charge in [0.05, 0.1) is 0 Å². The van der Waals surface area contributed by atoms with E-state index >= 15 is 0 Å². The standard InChI is InChI=1S/C7H12S/c1-3-7-6(2)4-5-8-7/h3-5H2,1-2H3. The summed E-state index contributed by atoms with van der Waals surface area (Å²) in [5.41, 5.74) is 1.62. The first-order chi connectivity index (χ1) is 3.84. The minimum absolute atomic E-state index is 1.25. The highest BCUT2D eigenvalue weighted by Crippen LogP contribution is 2.32. The lowest BCUT2D eigenvalue weighted by molar-refractivity contribution is 1.09. The summed E-state index contributed by atoms with van der Waals surface area (Å²) in [4.78, 5) is 1.63. The zero-order valence-corrected chi connectivity index (χ0v) is 6.35. The normalized spacial score (nSPS) is 20.2. The molecule has 0 radical (unpaired) electrons. The Morgan fingerprint density at radius 3 is 2.62 bits per heavy atom. The molecule has 0 N–H and O–H groups in total. The van der Waals surface area contributed by atoms with Crippen LogP contribution in [0.4, 0.5) is 0 Å². The SMILES string of the molecule is CCC1=C(C)CCS1. The van der Waals surface area contributed by atoms with Crippen LogP contribution < -0.4 is 0 Å². The van der Waals surface area contributed by atoms with Gasteiger partial charge in [-0.1, -0.05) is 12.5 Å². The Bertz CT molecular complexity index is 114. The molecule has 46 valence electrons. The summed E-state index contributed by atoms with van der Waals surface area (Å²) in [6, 6.07) is 0. The lowest BCUT2D eigenvalue weighted by Crippen LogP contribution is -1.70. The second-order valence-corrected chi connectivity index (χ2v) is 3.35. The second kappa shape index (κ2) is 2.58. The lowest BCUT2D eigenvalue weighted by atomic mass is 10.2. The molecule has 0 amide bonds. The Labute approximate surface area is 55.4 Å². The maximum absolute atomic E-state index is 2.25. The molecule has 0 aliphatic carbocycles. The average Bonchev–Trinajstić information content (AvgIpc) is 2.14. The quantitative estimate of drug-likeness (QED) is 0.523. The number of hydrogen-bond donors (Lipinski definition) is 0. The lowest BCUT2D eigenvalue weighted by Gasteiger charge is -1.93. The van der Waals surface area contributed by atoms with E-state index in [0.717, 1.165) is 0 Å². The number of hydrogen-bond acceptors (Lipinski definition) is 1. The molecule has 0 atom stereocenters. The molecule has 8 heavy (non-hydrogen) atoms. The number of allylic oxidation sites excluding steroid dienone is 2. The van der Waals surface area contributed by atoms with Crippen molar-refractivity contribution < 1.29 is 0 Å². The van der Waals surface area contributed by atoms with Crippen molar-refractivity contribution >= 4 is 11.8 Å². The van der Waals surface area contributed by atoms with Crippen LogP contribution in [0.1, 0.15) is 26.7 Å². The fraction of sp³-hybridized carbons (Fsp3) is 0.714. The van der Waals surface area contributed by atoms with Crippen molar-refractivity contribution in [1.82, 2.24) is 0 Å². The maximum atomic E-state index is 2.25. The Morgan fingerprint density at radius 2 is 2.38 bits per heavy atom. The van der Waals surface area contributed by atoms with E-state index in [1.807, 2.05) is 11.8 Å². The van der Waals surface area contributed by atoms with Gasteiger partial charge >= 0.3 is 0 Å². The van der Waals surface area contributed by atoms with Crippen molar-refractivity contribution in [3.8, 4) is 0 Å². The molecule has 1 heteroatoms. The molecule has 1 rings (SSSR count). The van der Waals surface area contributed by atoms with Crippen molar-refractivity contribution in [1.29, 1.82) is 0 Å². The molecular formula is C7H12S. The first-order valence-electron chi connectivity index (χ1n) is 3.16. The highest BCUT2D eigenvalue weighted by atomic mass is 32.2. The highest BCUT2D eigenvalue weighted by Gasteiger charge is 2.07. The third-order valence-corrected chi connectivity index (χ3v) is 2.94. The van der Waals surface area contributed by atoms with Crippen LogP contribution in [0.2, 0.25) is 0 Å². The van der Waals surface area contributed by atoms with Crippen molar-refractivity contribution in [2.45, 2.75) is 26.7 Å². The number of thioether (sulfide) groups is 1. The van der Waals surface area contributed by atoms with Crippen molar-refractivity contribution in [2.24, 2.45) is 0 Å². The van der Waals surface area contributed by atoms with E-state index in [2.05, 4.69) is 13.8 Å². The summed E-state index contributed by atoms with van der Waals surface area (Å²) in [6.45, 7) is 4.48. The van der Waals surface area contributed by atoms with Gasteiger partial charge in [0.15, 0.2) is 0 Å². The predicted octanol–water partition coefficient (Wildman–Crippen LogP) is 2.81. The van der Waals surface area contributed by atoms with Crippen LogP contribution in [0.25, 0.3) is 0 Å². The molecular weight excluding hydrogens is 116 g/mol. The fourth-order valence-corrected chi connectivity index (χ4v) is 2.20. The third-order valence-electron chi connectivity index (χ3n) is 1.55. The molecule has 0 aromatic carbocycles. The van der Waals surface area contributed by atoms with Gasteiger partial charge in [0.25, 0.3) is 0 Å². The van der Waals surface area contributed by atoms with E-state index < -0.39 is 0 Å². The molecule has 0 saturated carbocycles. The van der Waals surface area contributed by atoms with Crippen LogP contribution in [0.15, 0.2) is 10.5 Å². The maximum Gasteiger partial charge on any atom is 0.00143 e. The molecule has 0 bridgehead atoms. The van der Waals surface area contributed by atoms with E-state index in [1.54, 1.807) is 10.5 Å². The molecule has 1 aliphatic heterocycles. The van der Waals surface area contributed by atoms with E-state index in [-0.39, 0.29) is 0 Å². The van der Waals surface area contributed by atoms with E-state index in [0.29, 0.717) is 0 Å². The molecule has 1 aliphatic rings. The van der Waals surface area contributed by atoms with Gasteiger partial charge < -0.3 is 0 Å². The minimum Gasteiger partial charge on any atom is -0.130 e. The summed E-state index contributed by atoms with van der Waals surface area (Å²) in [6.07, 6.45) is 2.57. The fourth-order valence-electron chi connectivity index (χ4n) is 0.994. The zero-order chi connectivity index (χ0) is 5.98. The Morgan fingerprint density at radius 1 is 1.62 bits per heavy atom. The van der Waals surface area contributed by atoms with Crippen LogP contribution in [0, 0.1) is 0 Å². The summed E-state index contributed by atoms with van der Waals surface area (Å²) in [5.74, 6) is 1.33. The Kier molecular flexibility index (Phi) is 2.01. The van der Waals surface area contributed by atoms with Crippen LogP contribution in [0.3, 0.4) is 0 Å². The molecule has 0 nitrogen and oxygen atoms in total. The molecule has 0 fully saturated rings. The topological polar surface area (TPSA) is 0 Å². The average molecular weight is 128 g/mol. The molecule has 0 aromatic rings. The van der Waals surface area contributed by atoms with Gasteiger partial charge in [-0.2, -0.15) is 0 Å². The van der Waals surface area contributed by atoms with Gasteiger partial charge in [0.2, 0.25) is 0 Å². The van der Waals surface area contributed by atoms with Gasteiger partial charge in [-0.3, -0.25) is 0 Å². The minimum atomic E-state index is 1.25. The molecule has 0 aromatic heterocycles. The molecule has 1 heterocycles. The van der Waals surface area contributed by atoms with Gasteiger partial charge in [-0.05, 0) is 24.7 Å². The summed E-state index contributed by atoms with van der Waals surface area (Å²) >= 11 is 2.03. The number of rotatable bonds is 1. The first kappa shape index (κ1) is 6.21. The van der Waals surface area contributed by atoms with Crippen LogP contribution in [0.5, 0.6) is 0 Å².